The average molecular weight is 361 g/mol. The molecule has 1 aromatic rings. The first-order valence-corrected chi connectivity index (χ1v) is 9.44. The summed E-state index contributed by atoms with van der Waals surface area (Å²) in [6.45, 7) is 3.14. The van der Waals surface area contributed by atoms with Gasteiger partial charge >= 0.3 is 0 Å². The lowest BCUT2D eigenvalue weighted by Gasteiger charge is -2.37. The van der Waals surface area contributed by atoms with E-state index in [-0.39, 0.29) is 24.1 Å². The Kier molecular flexibility index (Phi) is 5.64. The average Bonchev–Trinajstić information content (AvgIpc) is 3.27. The molecule has 26 heavy (non-hydrogen) atoms. The van der Waals surface area contributed by atoms with Crippen molar-refractivity contribution < 1.29 is 18.8 Å². The molecule has 0 aromatic carbocycles. The Morgan fingerprint density at radius 3 is 2.73 bits per heavy atom. The minimum absolute atomic E-state index is 0.0581. The van der Waals surface area contributed by atoms with Gasteiger partial charge in [-0.05, 0) is 31.9 Å². The Morgan fingerprint density at radius 1 is 1.31 bits per heavy atom. The molecule has 2 N–H and O–H groups in total. The zero-order valence-corrected chi connectivity index (χ0v) is 15.3. The maximum absolute atomic E-state index is 12.8. The lowest BCUT2D eigenvalue weighted by Crippen LogP contribution is -2.60. The van der Waals surface area contributed by atoms with Gasteiger partial charge < -0.3 is 20.0 Å². The summed E-state index contributed by atoms with van der Waals surface area (Å²) in [7, 11) is 0. The van der Waals surface area contributed by atoms with Crippen LogP contribution < -0.4 is 10.6 Å². The fourth-order valence-electron chi connectivity index (χ4n) is 3.92. The predicted octanol–water partition coefficient (Wildman–Crippen LogP) is 1.58. The number of amides is 3. The van der Waals surface area contributed by atoms with Crippen LogP contribution >= 0.6 is 0 Å². The number of hydrogen-bond acceptors (Lipinski definition) is 4. The summed E-state index contributed by atoms with van der Waals surface area (Å²) in [4.78, 5) is 39.3. The number of carbonyl (C=O) groups is 3. The lowest BCUT2D eigenvalue weighted by molar-refractivity contribution is -0.136. The molecule has 2 aliphatic rings. The van der Waals surface area contributed by atoms with Gasteiger partial charge in [0.05, 0.1) is 18.7 Å². The largest absolute Gasteiger partial charge is 0.467 e. The van der Waals surface area contributed by atoms with Gasteiger partial charge in [-0.2, -0.15) is 0 Å². The first-order valence-electron chi connectivity index (χ1n) is 9.44. The quantitative estimate of drug-likeness (QED) is 0.805. The Balaban J connectivity index is 1.64. The molecular weight excluding hydrogens is 334 g/mol. The summed E-state index contributed by atoms with van der Waals surface area (Å²) in [6, 6.07) is 3.59. The minimum atomic E-state index is -0.831. The summed E-state index contributed by atoms with van der Waals surface area (Å²) in [5.74, 6) is -0.0910. The number of nitrogens with one attached hydrogen (secondary N) is 2. The van der Waals surface area contributed by atoms with Gasteiger partial charge in [-0.1, -0.05) is 19.3 Å². The van der Waals surface area contributed by atoms with E-state index in [0.29, 0.717) is 38.2 Å². The lowest BCUT2D eigenvalue weighted by atomic mass is 9.80. The van der Waals surface area contributed by atoms with Crippen LogP contribution in [0, 0.1) is 5.92 Å². The van der Waals surface area contributed by atoms with Crippen LogP contribution in [0.5, 0.6) is 0 Å². The minimum Gasteiger partial charge on any atom is -0.467 e. The van der Waals surface area contributed by atoms with Crippen molar-refractivity contribution in [3.05, 3.63) is 24.2 Å². The van der Waals surface area contributed by atoms with E-state index in [1.807, 2.05) is 13.0 Å². The highest BCUT2D eigenvalue weighted by Crippen LogP contribution is 2.30. The van der Waals surface area contributed by atoms with Crippen molar-refractivity contribution in [1.82, 2.24) is 15.5 Å². The van der Waals surface area contributed by atoms with Crippen LogP contribution in [0.1, 0.15) is 51.2 Å². The molecule has 0 bridgehead atoms. The van der Waals surface area contributed by atoms with Crippen molar-refractivity contribution in [3.63, 3.8) is 0 Å². The highest BCUT2D eigenvalue weighted by atomic mass is 16.3. The van der Waals surface area contributed by atoms with Gasteiger partial charge in [0.2, 0.25) is 17.7 Å². The van der Waals surface area contributed by atoms with E-state index in [2.05, 4.69) is 10.6 Å². The maximum atomic E-state index is 12.8. The molecule has 7 nitrogen and oxygen atoms in total. The number of likely N-dealkylation sites (N-methyl/N-ethyl adjacent to an activating group) is 1. The summed E-state index contributed by atoms with van der Waals surface area (Å²) in [5.41, 5.74) is -0.831. The molecule has 1 aromatic heterocycles. The van der Waals surface area contributed by atoms with Gasteiger partial charge in [0.15, 0.2) is 0 Å². The van der Waals surface area contributed by atoms with Crippen LogP contribution in [-0.4, -0.2) is 41.2 Å². The van der Waals surface area contributed by atoms with Crippen LogP contribution in [0.3, 0.4) is 0 Å². The summed E-state index contributed by atoms with van der Waals surface area (Å²) >= 11 is 0. The molecule has 142 valence electrons. The smallest absolute Gasteiger partial charge is 0.245 e. The molecule has 3 rings (SSSR count). The number of hydrogen-bond donors (Lipinski definition) is 2. The van der Waals surface area contributed by atoms with E-state index in [4.69, 9.17) is 4.42 Å². The highest BCUT2D eigenvalue weighted by molar-refractivity contribution is 5.94. The third-order valence-electron chi connectivity index (χ3n) is 5.35. The zero-order chi connectivity index (χ0) is 18.6. The fraction of sp³-hybridized carbons (Fsp3) is 0.632. The Bertz CT molecular complexity index is 650. The van der Waals surface area contributed by atoms with Crippen LogP contribution in [0.15, 0.2) is 22.8 Å². The number of nitrogens with zero attached hydrogens (tertiary/aromatic N) is 1. The number of furan rings is 1. The van der Waals surface area contributed by atoms with Crippen molar-refractivity contribution >= 4 is 17.7 Å². The third kappa shape index (κ3) is 3.92. The van der Waals surface area contributed by atoms with Gasteiger partial charge in [-0.3, -0.25) is 14.4 Å². The van der Waals surface area contributed by atoms with Gasteiger partial charge in [-0.25, -0.2) is 0 Å². The second-order valence-electron chi connectivity index (χ2n) is 7.25. The molecule has 1 aliphatic heterocycles. The second kappa shape index (κ2) is 7.93. The van der Waals surface area contributed by atoms with Gasteiger partial charge in [-0.15, -0.1) is 0 Å². The molecular formula is C19H27N3O4. The van der Waals surface area contributed by atoms with E-state index < -0.39 is 11.5 Å². The monoisotopic (exact) mass is 361 g/mol. The molecule has 1 saturated heterocycles. The normalized spacial score (nSPS) is 22.3. The van der Waals surface area contributed by atoms with Crippen LogP contribution in [0.25, 0.3) is 0 Å². The number of likely N-dealkylation sites (tertiary alicyclic amines) is 1. The molecule has 7 heteroatoms. The standard InChI is InChI=1S/C19H27N3O4/c1-2-20-18(25)19(8-4-3-5-9-19)21-17(24)14-11-16(23)22(12-14)13-15-7-6-10-26-15/h6-7,10,14H,2-5,8-9,11-13H2,1H3,(H,20,25)(H,21,24). The second-order valence-corrected chi connectivity index (χ2v) is 7.25. The zero-order valence-electron chi connectivity index (χ0n) is 15.3. The van der Waals surface area contributed by atoms with E-state index in [0.717, 1.165) is 19.3 Å². The molecule has 1 aliphatic carbocycles. The van der Waals surface area contributed by atoms with Crippen LogP contribution in [0.4, 0.5) is 0 Å². The number of rotatable bonds is 6. The predicted molar refractivity (Wildman–Crippen MR) is 94.9 cm³/mol. The molecule has 0 radical (unpaired) electrons. The van der Waals surface area contributed by atoms with Gasteiger partial charge in [0.1, 0.15) is 11.3 Å². The van der Waals surface area contributed by atoms with E-state index >= 15 is 0 Å². The van der Waals surface area contributed by atoms with Crippen molar-refractivity contribution in [1.29, 1.82) is 0 Å². The molecule has 3 amide bonds. The van der Waals surface area contributed by atoms with E-state index in [1.54, 1.807) is 17.2 Å². The van der Waals surface area contributed by atoms with Crippen LogP contribution in [-0.2, 0) is 20.9 Å². The summed E-state index contributed by atoms with van der Waals surface area (Å²) in [5, 5.41) is 5.86. The van der Waals surface area contributed by atoms with Crippen molar-refractivity contribution in [3.8, 4) is 0 Å². The van der Waals surface area contributed by atoms with E-state index in [1.165, 1.54) is 0 Å². The Hall–Kier alpha value is -2.31. The highest BCUT2D eigenvalue weighted by Gasteiger charge is 2.43. The third-order valence-corrected chi connectivity index (χ3v) is 5.35. The topological polar surface area (TPSA) is 91.7 Å². The maximum Gasteiger partial charge on any atom is 0.245 e. The first-order chi connectivity index (χ1) is 12.5. The first kappa shape index (κ1) is 18.5. The van der Waals surface area contributed by atoms with Crippen molar-refractivity contribution in [2.24, 2.45) is 5.92 Å². The molecule has 1 unspecified atom stereocenters. The Morgan fingerprint density at radius 2 is 2.08 bits per heavy atom. The molecule has 0 spiro atoms. The molecule has 2 fully saturated rings. The van der Waals surface area contributed by atoms with Crippen molar-refractivity contribution in [2.45, 2.75) is 57.5 Å². The molecule has 2 heterocycles. The van der Waals surface area contributed by atoms with E-state index in [9.17, 15) is 14.4 Å². The Labute approximate surface area is 153 Å². The fourth-order valence-corrected chi connectivity index (χ4v) is 3.92. The molecule has 1 atom stereocenters. The number of carbonyl (C=O) groups excluding carboxylic acids is 3. The van der Waals surface area contributed by atoms with Gasteiger partial charge in [0.25, 0.3) is 0 Å². The van der Waals surface area contributed by atoms with Crippen molar-refractivity contribution in [2.75, 3.05) is 13.1 Å². The summed E-state index contributed by atoms with van der Waals surface area (Å²) < 4.78 is 5.29. The van der Waals surface area contributed by atoms with Gasteiger partial charge in [0, 0.05) is 19.5 Å². The SMILES string of the molecule is CCNC(=O)C1(NC(=O)C2CC(=O)N(Cc3ccco3)C2)CCCCC1. The van der Waals surface area contributed by atoms with Crippen LogP contribution in [0.2, 0.25) is 0 Å². The molecule has 1 saturated carbocycles. The summed E-state index contributed by atoms with van der Waals surface area (Å²) in [6.07, 6.45) is 5.98.